The summed E-state index contributed by atoms with van der Waals surface area (Å²) in [5.41, 5.74) is 2.77. The predicted octanol–water partition coefficient (Wildman–Crippen LogP) is 3.32. The molecular formula is C20H14FN3OS. The molecule has 0 N–H and O–H groups in total. The Labute approximate surface area is 152 Å². The van der Waals surface area contributed by atoms with Gasteiger partial charge in [0.25, 0.3) is 5.56 Å². The van der Waals surface area contributed by atoms with Crippen molar-refractivity contribution in [2.24, 2.45) is 0 Å². The van der Waals surface area contributed by atoms with Gasteiger partial charge in [0, 0.05) is 0 Å². The molecular weight excluding hydrogens is 349 g/mol. The van der Waals surface area contributed by atoms with E-state index in [1.165, 1.54) is 33.5 Å². The van der Waals surface area contributed by atoms with Gasteiger partial charge in [-0.25, -0.2) is 4.39 Å². The second-order valence-corrected chi connectivity index (χ2v) is 6.88. The average Bonchev–Trinajstić information content (AvgIpc) is 3.16. The molecule has 0 saturated carbocycles. The highest BCUT2D eigenvalue weighted by Gasteiger charge is 2.08. The number of aryl methyl sites for hydroxylation is 1. The molecule has 2 aromatic carbocycles. The van der Waals surface area contributed by atoms with E-state index in [0.29, 0.717) is 15.3 Å². The Hall–Kier alpha value is -3.12. The highest BCUT2D eigenvalue weighted by Crippen LogP contribution is 2.09. The quantitative estimate of drug-likeness (QED) is 0.561. The van der Waals surface area contributed by atoms with Crippen LogP contribution in [0.1, 0.15) is 22.5 Å². The normalized spacial score (nSPS) is 12.5. The van der Waals surface area contributed by atoms with Crippen molar-refractivity contribution in [2.45, 2.75) is 6.92 Å². The molecule has 4 nitrogen and oxygen atoms in total. The van der Waals surface area contributed by atoms with E-state index in [9.17, 15) is 9.18 Å². The molecule has 0 amide bonds. The van der Waals surface area contributed by atoms with Crippen LogP contribution in [0.15, 0.2) is 53.3 Å². The fourth-order valence-electron chi connectivity index (χ4n) is 2.48. The van der Waals surface area contributed by atoms with E-state index in [1.54, 1.807) is 24.3 Å². The lowest BCUT2D eigenvalue weighted by atomic mass is 10.1. The lowest BCUT2D eigenvalue weighted by Gasteiger charge is -1.93. The monoisotopic (exact) mass is 363 g/mol. The van der Waals surface area contributed by atoms with E-state index in [0.717, 1.165) is 11.1 Å². The number of halogens is 1. The van der Waals surface area contributed by atoms with Crippen LogP contribution >= 0.6 is 11.3 Å². The molecule has 0 aliphatic carbocycles. The third-order valence-corrected chi connectivity index (χ3v) is 4.83. The molecule has 0 unspecified atom stereocenters. The zero-order chi connectivity index (χ0) is 18.1. The number of aromatic nitrogens is 3. The van der Waals surface area contributed by atoms with Gasteiger partial charge in [0.15, 0.2) is 5.82 Å². The van der Waals surface area contributed by atoms with Crippen LogP contribution in [0.4, 0.5) is 4.39 Å². The first kappa shape index (κ1) is 16.4. The van der Waals surface area contributed by atoms with Crippen LogP contribution in [0.3, 0.4) is 0 Å². The summed E-state index contributed by atoms with van der Waals surface area (Å²) in [6.07, 6.45) is 5.41. The van der Waals surface area contributed by atoms with Gasteiger partial charge >= 0.3 is 0 Å². The van der Waals surface area contributed by atoms with Gasteiger partial charge in [-0.3, -0.25) is 4.79 Å². The maximum Gasteiger partial charge on any atom is 0.291 e. The highest BCUT2D eigenvalue weighted by molar-refractivity contribution is 7.15. The molecule has 0 fully saturated rings. The van der Waals surface area contributed by atoms with Crippen LogP contribution < -0.4 is 10.1 Å². The lowest BCUT2D eigenvalue weighted by Crippen LogP contribution is -2.23. The Kier molecular flexibility index (Phi) is 4.18. The summed E-state index contributed by atoms with van der Waals surface area (Å²) in [6, 6.07) is 14.1. The predicted molar refractivity (Wildman–Crippen MR) is 102 cm³/mol. The third kappa shape index (κ3) is 3.32. The largest absolute Gasteiger partial charge is 0.291 e. The van der Waals surface area contributed by atoms with Gasteiger partial charge in [-0.1, -0.05) is 59.4 Å². The Morgan fingerprint density at radius 2 is 1.69 bits per heavy atom. The minimum absolute atomic E-state index is 0.225. The molecule has 0 atom stereocenters. The molecule has 0 radical (unpaired) electrons. The maximum absolute atomic E-state index is 13.0. The van der Waals surface area contributed by atoms with Crippen LogP contribution in [-0.4, -0.2) is 14.6 Å². The van der Waals surface area contributed by atoms with E-state index in [2.05, 4.69) is 10.1 Å². The summed E-state index contributed by atoms with van der Waals surface area (Å²) in [7, 11) is 0. The van der Waals surface area contributed by atoms with Crippen molar-refractivity contribution >= 4 is 34.5 Å². The summed E-state index contributed by atoms with van der Waals surface area (Å²) in [6.45, 7) is 2.04. The molecule has 2 heterocycles. The zero-order valence-corrected chi connectivity index (χ0v) is 14.7. The summed E-state index contributed by atoms with van der Waals surface area (Å²) in [4.78, 5) is 17.4. The molecule has 128 valence electrons. The molecule has 2 aromatic heterocycles. The van der Waals surface area contributed by atoms with E-state index < -0.39 is 0 Å². The Morgan fingerprint density at radius 1 is 1.00 bits per heavy atom. The third-order valence-electron chi connectivity index (χ3n) is 3.87. The molecule has 4 rings (SSSR count). The number of rotatable bonds is 3. The highest BCUT2D eigenvalue weighted by atomic mass is 32.1. The van der Waals surface area contributed by atoms with E-state index in [1.807, 2.05) is 37.3 Å². The van der Waals surface area contributed by atoms with Gasteiger partial charge in [0.2, 0.25) is 4.96 Å². The Balaban J connectivity index is 1.66. The van der Waals surface area contributed by atoms with Crippen LogP contribution in [-0.2, 0) is 0 Å². The Bertz CT molecular complexity index is 1210. The number of hydrogen-bond donors (Lipinski definition) is 0. The molecule has 4 aromatic rings. The SMILES string of the molecule is Cc1ccc(C=Cc2nc3sc(=Cc4ccc(F)cc4)c(=O)n3n2)cc1. The molecule has 0 spiro atoms. The maximum atomic E-state index is 13.0. The fraction of sp³-hybridized carbons (Fsp3) is 0.0500. The van der Waals surface area contributed by atoms with Gasteiger partial charge in [-0.2, -0.15) is 9.50 Å². The van der Waals surface area contributed by atoms with Gasteiger partial charge in [-0.05, 0) is 42.3 Å². The zero-order valence-electron chi connectivity index (χ0n) is 13.9. The van der Waals surface area contributed by atoms with Crippen molar-refractivity contribution < 1.29 is 4.39 Å². The van der Waals surface area contributed by atoms with Crippen LogP contribution in [0, 0.1) is 12.7 Å². The standard InChI is InChI=1S/C20H14FN3OS/c1-13-2-4-14(5-3-13)8-11-18-22-20-24(23-18)19(25)17(26-20)12-15-6-9-16(21)10-7-15/h2-12H,1H3. The van der Waals surface area contributed by atoms with E-state index in [4.69, 9.17) is 0 Å². The van der Waals surface area contributed by atoms with Crippen LogP contribution in [0.2, 0.25) is 0 Å². The second-order valence-electron chi connectivity index (χ2n) is 5.88. The van der Waals surface area contributed by atoms with Gasteiger partial charge < -0.3 is 0 Å². The van der Waals surface area contributed by atoms with Crippen molar-refractivity contribution in [2.75, 3.05) is 0 Å². The number of nitrogens with zero attached hydrogens (tertiary/aromatic N) is 3. The fourth-order valence-corrected chi connectivity index (χ4v) is 3.39. The Morgan fingerprint density at radius 3 is 2.38 bits per heavy atom. The second kappa shape index (κ2) is 6.65. The smallest absolute Gasteiger partial charge is 0.266 e. The molecule has 26 heavy (non-hydrogen) atoms. The van der Waals surface area contributed by atoms with E-state index >= 15 is 0 Å². The van der Waals surface area contributed by atoms with Gasteiger partial charge in [0.1, 0.15) is 5.82 Å². The first-order valence-electron chi connectivity index (χ1n) is 8.00. The average molecular weight is 363 g/mol. The summed E-state index contributed by atoms with van der Waals surface area (Å²) in [5.74, 6) is 0.180. The molecule has 0 aliphatic rings. The number of thiazole rings is 1. The van der Waals surface area contributed by atoms with Crippen LogP contribution in [0.5, 0.6) is 0 Å². The van der Waals surface area contributed by atoms with Gasteiger partial charge in [-0.15, -0.1) is 5.10 Å². The van der Waals surface area contributed by atoms with Crippen molar-refractivity contribution in [3.63, 3.8) is 0 Å². The molecule has 0 bridgehead atoms. The van der Waals surface area contributed by atoms with Crippen molar-refractivity contribution in [3.05, 3.63) is 91.7 Å². The van der Waals surface area contributed by atoms with Crippen molar-refractivity contribution in [1.82, 2.24) is 14.6 Å². The molecule has 0 aliphatic heterocycles. The first-order chi connectivity index (χ1) is 12.6. The minimum Gasteiger partial charge on any atom is -0.266 e. The number of benzene rings is 2. The first-order valence-corrected chi connectivity index (χ1v) is 8.82. The number of hydrogen-bond acceptors (Lipinski definition) is 4. The number of fused-ring (bicyclic) bond motifs is 1. The molecule has 6 heteroatoms. The topological polar surface area (TPSA) is 47.3 Å². The summed E-state index contributed by atoms with van der Waals surface area (Å²) >= 11 is 1.26. The summed E-state index contributed by atoms with van der Waals surface area (Å²) < 4.78 is 14.8. The molecule has 0 saturated heterocycles. The van der Waals surface area contributed by atoms with Crippen molar-refractivity contribution in [3.8, 4) is 0 Å². The van der Waals surface area contributed by atoms with Crippen molar-refractivity contribution in [1.29, 1.82) is 0 Å². The lowest BCUT2D eigenvalue weighted by molar-refractivity contribution is 0.628. The van der Waals surface area contributed by atoms with E-state index in [-0.39, 0.29) is 11.4 Å². The van der Waals surface area contributed by atoms with Crippen LogP contribution in [0.25, 0.3) is 23.2 Å². The minimum atomic E-state index is -0.308. The summed E-state index contributed by atoms with van der Waals surface area (Å²) in [5, 5.41) is 4.26. The van der Waals surface area contributed by atoms with Gasteiger partial charge in [0.05, 0.1) is 4.53 Å².